The Morgan fingerprint density at radius 3 is 2.75 bits per heavy atom. The normalized spacial score (nSPS) is 16.5. The van der Waals surface area contributed by atoms with E-state index in [4.69, 9.17) is 10.5 Å². The molecule has 1 aromatic heterocycles. The molecule has 20 heavy (non-hydrogen) atoms. The van der Waals surface area contributed by atoms with Gasteiger partial charge in [0.15, 0.2) is 6.10 Å². The highest BCUT2D eigenvalue weighted by molar-refractivity contribution is 5.38. The SMILES string of the molecule is CC(N)C(Oc1ccc2c(c1)CCC2)c1ccccn1. The van der Waals surface area contributed by atoms with E-state index in [0.717, 1.165) is 17.9 Å². The summed E-state index contributed by atoms with van der Waals surface area (Å²) in [5.41, 5.74) is 9.80. The first kappa shape index (κ1) is 13.1. The van der Waals surface area contributed by atoms with Crippen molar-refractivity contribution in [2.24, 2.45) is 5.73 Å². The summed E-state index contributed by atoms with van der Waals surface area (Å²) in [4.78, 5) is 4.36. The van der Waals surface area contributed by atoms with Gasteiger partial charge in [-0.15, -0.1) is 0 Å². The zero-order valence-electron chi connectivity index (χ0n) is 11.8. The Labute approximate surface area is 119 Å². The molecule has 1 aromatic carbocycles. The monoisotopic (exact) mass is 268 g/mol. The number of hydrogen-bond acceptors (Lipinski definition) is 3. The van der Waals surface area contributed by atoms with Gasteiger partial charge in [0.2, 0.25) is 0 Å². The van der Waals surface area contributed by atoms with Gasteiger partial charge < -0.3 is 10.5 Å². The van der Waals surface area contributed by atoms with Crippen molar-refractivity contribution in [3.8, 4) is 5.75 Å². The molecule has 0 saturated heterocycles. The number of aromatic nitrogens is 1. The van der Waals surface area contributed by atoms with Crippen LogP contribution >= 0.6 is 0 Å². The first-order valence-electron chi connectivity index (χ1n) is 7.19. The van der Waals surface area contributed by atoms with Crippen LogP contribution in [0.25, 0.3) is 0 Å². The molecular formula is C17H20N2O. The predicted molar refractivity (Wildman–Crippen MR) is 79.7 cm³/mol. The molecule has 1 aliphatic rings. The number of ether oxygens (including phenoxy) is 1. The molecular weight excluding hydrogens is 248 g/mol. The highest BCUT2D eigenvalue weighted by atomic mass is 16.5. The summed E-state index contributed by atoms with van der Waals surface area (Å²) in [5.74, 6) is 0.888. The zero-order chi connectivity index (χ0) is 13.9. The van der Waals surface area contributed by atoms with Crippen molar-refractivity contribution in [1.82, 2.24) is 4.98 Å². The Kier molecular flexibility index (Phi) is 3.70. The Morgan fingerprint density at radius 2 is 2.00 bits per heavy atom. The van der Waals surface area contributed by atoms with Gasteiger partial charge >= 0.3 is 0 Å². The summed E-state index contributed by atoms with van der Waals surface area (Å²) in [7, 11) is 0. The summed E-state index contributed by atoms with van der Waals surface area (Å²) in [6.45, 7) is 1.95. The first-order valence-corrected chi connectivity index (χ1v) is 7.19. The van der Waals surface area contributed by atoms with Crippen LogP contribution in [0.5, 0.6) is 5.75 Å². The lowest BCUT2D eigenvalue weighted by Gasteiger charge is -2.22. The van der Waals surface area contributed by atoms with Gasteiger partial charge in [0.1, 0.15) is 5.75 Å². The first-order chi connectivity index (χ1) is 9.74. The highest BCUT2D eigenvalue weighted by Gasteiger charge is 2.20. The third-order valence-electron chi connectivity index (χ3n) is 3.79. The minimum atomic E-state index is -0.212. The van der Waals surface area contributed by atoms with Crippen molar-refractivity contribution in [3.05, 3.63) is 59.4 Å². The Bertz CT molecular complexity index is 581. The number of nitrogens with two attached hydrogens (primary N) is 1. The van der Waals surface area contributed by atoms with E-state index in [1.54, 1.807) is 6.20 Å². The Morgan fingerprint density at radius 1 is 1.15 bits per heavy atom. The molecule has 0 fully saturated rings. The van der Waals surface area contributed by atoms with Crippen molar-refractivity contribution in [2.75, 3.05) is 0 Å². The molecule has 1 heterocycles. The average molecular weight is 268 g/mol. The van der Waals surface area contributed by atoms with Crippen LogP contribution in [0.3, 0.4) is 0 Å². The summed E-state index contributed by atoms with van der Waals surface area (Å²) in [6, 6.07) is 12.1. The van der Waals surface area contributed by atoms with Crippen LogP contribution in [-0.4, -0.2) is 11.0 Å². The molecule has 0 spiro atoms. The molecule has 0 bridgehead atoms. The number of benzene rings is 1. The number of pyridine rings is 1. The fourth-order valence-electron chi connectivity index (χ4n) is 2.75. The number of rotatable bonds is 4. The van der Waals surface area contributed by atoms with Crippen molar-refractivity contribution in [1.29, 1.82) is 0 Å². The molecule has 0 amide bonds. The van der Waals surface area contributed by atoms with Crippen LogP contribution in [0.1, 0.15) is 36.3 Å². The van der Waals surface area contributed by atoms with E-state index in [2.05, 4.69) is 17.1 Å². The maximum Gasteiger partial charge on any atom is 0.155 e. The van der Waals surface area contributed by atoms with Crippen LogP contribution in [-0.2, 0) is 12.8 Å². The van der Waals surface area contributed by atoms with Gasteiger partial charge in [0.25, 0.3) is 0 Å². The summed E-state index contributed by atoms with van der Waals surface area (Å²) in [5, 5.41) is 0. The molecule has 1 aliphatic carbocycles. The maximum absolute atomic E-state index is 6.10. The van der Waals surface area contributed by atoms with Crippen molar-refractivity contribution in [3.63, 3.8) is 0 Å². The molecule has 3 nitrogen and oxygen atoms in total. The van der Waals surface area contributed by atoms with Crippen LogP contribution < -0.4 is 10.5 Å². The van der Waals surface area contributed by atoms with Gasteiger partial charge in [-0.05, 0) is 61.6 Å². The minimum absolute atomic E-state index is 0.113. The average Bonchev–Trinajstić information content (AvgIpc) is 2.93. The van der Waals surface area contributed by atoms with Gasteiger partial charge in [0.05, 0.1) is 5.69 Å². The fourth-order valence-corrected chi connectivity index (χ4v) is 2.75. The standard InChI is InChI=1S/C17H20N2O/c1-12(18)17(16-7-2-3-10-19-16)20-15-9-8-13-5-4-6-14(13)11-15/h2-3,7-12,17H,4-6,18H2,1H3. The largest absolute Gasteiger partial charge is 0.482 e. The van der Waals surface area contributed by atoms with E-state index >= 15 is 0 Å². The van der Waals surface area contributed by atoms with E-state index in [9.17, 15) is 0 Å². The zero-order valence-corrected chi connectivity index (χ0v) is 11.8. The van der Waals surface area contributed by atoms with Gasteiger partial charge in [-0.1, -0.05) is 12.1 Å². The molecule has 2 aromatic rings. The van der Waals surface area contributed by atoms with Crippen LogP contribution in [0, 0.1) is 0 Å². The second kappa shape index (κ2) is 5.63. The van der Waals surface area contributed by atoms with E-state index < -0.39 is 0 Å². The van der Waals surface area contributed by atoms with Crippen molar-refractivity contribution in [2.45, 2.75) is 38.3 Å². The van der Waals surface area contributed by atoms with Crippen molar-refractivity contribution < 1.29 is 4.74 Å². The summed E-state index contributed by atoms with van der Waals surface area (Å²) >= 11 is 0. The van der Waals surface area contributed by atoms with E-state index in [1.165, 1.54) is 24.0 Å². The molecule has 0 saturated carbocycles. The number of aryl methyl sites for hydroxylation is 2. The minimum Gasteiger partial charge on any atom is -0.482 e. The van der Waals surface area contributed by atoms with E-state index in [-0.39, 0.29) is 12.1 Å². The number of nitrogens with zero attached hydrogens (tertiary/aromatic N) is 1. The van der Waals surface area contributed by atoms with Crippen LogP contribution in [0.2, 0.25) is 0 Å². The van der Waals surface area contributed by atoms with Gasteiger partial charge in [-0.3, -0.25) is 4.98 Å². The highest BCUT2D eigenvalue weighted by Crippen LogP contribution is 2.29. The smallest absolute Gasteiger partial charge is 0.155 e. The molecule has 2 N–H and O–H groups in total. The Balaban J connectivity index is 1.84. The summed E-state index contributed by atoms with van der Waals surface area (Å²) in [6.07, 6.45) is 5.15. The molecule has 3 heteroatoms. The second-order valence-electron chi connectivity index (χ2n) is 5.44. The third-order valence-corrected chi connectivity index (χ3v) is 3.79. The van der Waals surface area contributed by atoms with Gasteiger partial charge in [-0.25, -0.2) is 0 Å². The molecule has 104 valence electrons. The molecule has 3 rings (SSSR count). The fraction of sp³-hybridized carbons (Fsp3) is 0.353. The molecule has 0 radical (unpaired) electrons. The maximum atomic E-state index is 6.10. The third kappa shape index (κ3) is 2.68. The Hall–Kier alpha value is -1.87. The topological polar surface area (TPSA) is 48.1 Å². The number of hydrogen-bond donors (Lipinski definition) is 1. The van der Waals surface area contributed by atoms with Crippen molar-refractivity contribution >= 4 is 0 Å². The van der Waals surface area contributed by atoms with Gasteiger partial charge in [-0.2, -0.15) is 0 Å². The van der Waals surface area contributed by atoms with Crippen LogP contribution in [0.15, 0.2) is 42.6 Å². The molecule has 0 aliphatic heterocycles. The lowest BCUT2D eigenvalue weighted by Crippen LogP contribution is -2.29. The second-order valence-corrected chi connectivity index (χ2v) is 5.44. The quantitative estimate of drug-likeness (QED) is 0.927. The van der Waals surface area contributed by atoms with Crippen LogP contribution in [0.4, 0.5) is 0 Å². The summed E-state index contributed by atoms with van der Waals surface area (Å²) < 4.78 is 6.10. The lowest BCUT2D eigenvalue weighted by atomic mass is 10.1. The lowest BCUT2D eigenvalue weighted by molar-refractivity contribution is 0.175. The van der Waals surface area contributed by atoms with E-state index in [0.29, 0.717) is 0 Å². The van der Waals surface area contributed by atoms with Gasteiger partial charge in [0, 0.05) is 12.2 Å². The molecule has 2 unspecified atom stereocenters. The predicted octanol–water partition coefficient (Wildman–Crippen LogP) is 3.04. The molecule has 2 atom stereocenters. The van der Waals surface area contributed by atoms with E-state index in [1.807, 2.05) is 31.2 Å². The number of fused-ring (bicyclic) bond motifs is 1.